The molecule has 0 aromatic rings. The monoisotopic (exact) mass is 484 g/mol. The van der Waals surface area contributed by atoms with Crippen LogP contribution >= 0.6 is 0 Å². The van der Waals surface area contributed by atoms with Crippen LogP contribution in [0.3, 0.4) is 0 Å². The first-order chi connectivity index (χ1) is 16.6. The zero-order valence-corrected chi connectivity index (χ0v) is 21.7. The van der Waals surface area contributed by atoms with Crippen LogP contribution in [0.4, 0.5) is 0 Å². The molecule has 0 spiro atoms. The highest BCUT2D eigenvalue weighted by atomic mass is 16.5. The van der Waals surface area contributed by atoms with Gasteiger partial charge in [0.1, 0.15) is 0 Å². The molecular weight excluding hydrogens is 440 g/mol. The number of aliphatic hydroxyl groups is 3. The van der Waals surface area contributed by atoms with Gasteiger partial charge in [-0.1, -0.05) is 50.3 Å². The average Bonchev–Trinajstić information content (AvgIpc) is 3.55. The molecule has 0 aromatic heterocycles. The number of carbonyl (C=O) groups excluding carboxylic acids is 1. The van der Waals surface area contributed by atoms with Crippen molar-refractivity contribution in [3.63, 3.8) is 0 Å². The first kappa shape index (κ1) is 26.4. The molecule has 7 atom stereocenters. The van der Waals surface area contributed by atoms with Crippen molar-refractivity contribution in [2.75, 3.05) is 6.61 Å². The molecule has 0 unspecified atom stereocenters. The molecule has 0 aliphatic heterocycles. The fourth-order valence-corrected chi connectivity index (χ4v) is 7.24. The molecule has 0 amide bonds. The first-order valence-corrected chi connectivity index (χ1v) is 13.6. The Kier molecular flexibility index (Phi) is 7.80. The molecule has 4 aliphatic rings. The Labute approximate surface area is 210 Å². The summed E-state index contributed by atoms with van der Waals surface area (Å²) >= 11 is 0. The molecule has 0 aromatic carbocycles. The van der Waals surface area contributed by atoms with Crippen LogP contribution in [0, 0.1) is 28.6 Å². The molecule has 5 nitrogen and oxygen atoms in total. The van der Waals surface area contributed by atoms with Crippen LogP contribution in [0.1, 0.15) is 78.6 Å². The van der Waals surface area contributed by atoms with E-state index in [1.54, 1.807) is 6.92 Å². The minimum absolute atomic E-state index is 0.207. The molecule has 0 saturated heterocycles. The smallest absolute Gasteiger partial charge is 0.315 e. The van der Waals surface area contributed by atoms with E-state index in [4.69, 9.17) is 4.74 Å². The number of hydrogen-bond acceptors (Lipinski definition) is 5. The Morgan fingerprint density at radius 1 is 1.20 bits per heavy atom. The Morgan fingerprint density at radius 2 is 1.94 bits per heavy atom. The lowest BCUT2D eigenvalue weighted by Crippen LogP contribution is -2.36. The third-order valence-corrected chi connectivity index (χ3v) is 9.57. The third kappa shape index (κ3) is 5.10. The van der Waals surface area contributed by atoms with Gasteiger partial charge in [0.15, 0.2) is 0 Å². The largest absolute Gasteiger partial charge is 0.465 e. The van der Waals surface area contributed by atoms with Crippen molar-refractivity contribution < 1.29 is 24.9 Å². The van der Waals surface area contributed by atoms with E-state index in [1.165, 1.54) is 12.0 Å². The summed E-state index contributed by atoms with van der Waals surface area (Å²) in [5.74, 6) is 1.10. The summed E-state index contributed by atoms with van der Waals surface area (Å²) in [6.45, 7) is 10.9. The van der Waals surface area contributed by atoms with Crippen molar-refractivity contribution in [1.29, 1.82) is 0 Å². The standard InChI is InChI=1S/C30H44O5/c1-5-35-28(34)30(15-16-30)27(33)13-8-19(2)24-11-12-25-21(7-6-14-29(24,25)4)9-10-22-17-23(31)18-26(32)20(22)3/h8-10,13,19,23-27,31-33H,3,5-7,11-12,14-18H2,1-2,4H3/b13-8+,21-9+,22-10-/t19-,23-,24-,25+,26+,27-,29-/m1/s1. The molecule has 0 radical (unpaired) electrons. The molecule has 4 aliphatic carbocycles. The maximum Gasteiger partial charge on any atom is 0.315 e. The van der Waals surface area contributed by atoms with Crippen LogP contribution in [-0.2, 0) is 9.53 Å². The highest BCUT2D eigenvalue weighted by Gasteiger charge is 2.56. The van der Waals surface area contributed by atoms with E-state index in [0.717, 1.165) is 36.8 Å². The molecule has 0 bridgehead atoms. The second-order valence-electron chi connectivity index (χ2n) is 11.7. The van der Waals surface area contributed by atoms with Crippen molar-refractivity contribution in [1.82, 2.24) is 0 Å². The van der Waals surface area contributed by atoms with Gasteiger partial charge >= 0.3 is 5.97 Å². The van der Waals surface area contributed by atoms with Gasteiger partial charge in [-0.15, -0.1) is 0 Å². The number of allylic oxidation sites excluding steroid dienone is 4. The quantitative estimate of drug-likeness (QED) is 0.349. The number of fused-ring (bicyclic) bond motifs is 1. The lowest BCUT2D eigenvalue weighted by Gasteiger charge is -2.44. The summed E-state index contributed by atoms with van der Waals surface area (Å²) in [7, 11) is 0. The van der Waals surface area contributed by atoms with E-state index in [1.807, 2.05) is 6.08 Å². The van der Waals surface area contributed by atoms with Crippen LogP contribution in [0.25, 0.3) is 0 Å². The van der Waals surface area contributed by atoms with Gasteiger partial charge in [0.2, 0.25) is 0 Å². The van der Waals surface area contributed by atoms with Crippen molar-refractivity contribution in [3.8, 4) is 0 Å². The number of carbonyl (C=O) groups is 1. The molecular formula is C30H44O5. The Bertz CT molecular complexity index is 910. The summed E-state index contributed by atoms with van der Waals surface area (Å²) in [5, 5.41) is 31.0. The van der Waals surface area contributed by atoms with E-state index >= 15 is 0 Å². The van der Waals surface area contributed by atoms with Crippen LogP contribution in [-0.4, -0.2) is 46.2 Å². The average molecular weight is 485 g/mol. The predicted molar refractivity (Wildman–Crippen MR) is 137 cm³/mol. The predicted octanol–water partition coefficient (Wildman–Crippen LogP) is 5.02. The molecule has 4 fully saturated rings. The Balaban J connectivity index is 1.45. The topological polar surface area (TPSA) is 87.0 Å². The SMILES string of the molecule is C=C1/C(=C\C=C2/CCC[C@]3(C)[C@@H]([C@H](C)/C=C/[C@@H](O)C4(C(=O)OCC)CC4)CC[C@@H]23)C[C@@H](O)C[C@@H]1O. The van der Waals surface area contributed by atoms with Gasteiger partial charge in [-0.3, -0.25) is 4.79 Å². The van der Waals surface area contributed by atoms with Gasteiger partial charge in [0, 0.05) is 6.42 Å². The molecule has 4 saturated carbocycles. The van der Waals surface area contributed by atoms with E-state index in [2.05, 4.69) is 38.7 Å². The zero-order valence-electron chi connectivity index (χ0n) is 21.7. The maximum absolute atomic E-state index is 12.3. The van der Waals surface area contributed by atoms with E-state index in [-0.39, 0.29) is 11.4 Å². The van der Waals surface area contributed by atoms with Gasteiger partial charge in [-0.05, 0) is 92.6 Å². The van der Waals surface area contributed by atoms with Gasteiger partial charge < -0.3 is 20.1 Å². The molecule has 35 heavy (non-hydrogen) atoms. The van der Waals surface area contributed by atoms with Crippen molar-refractivity contribution in [2.45, 2.75) is 96.9 Å². The lowest BCUT2D eigenvalue weighted by atomic mass is 9.61. The summed E-state index contributed by atoms with van der Waals surface area (Å²) in [4.78, 5) is 12.3. The number of ether oxygens (including phenoxy) is 1. The molecule has 0 heterocycles. The summed E-state index contributed by atoms with van der Waals surface area (Å²) in [6.07, 6.45) is 14.5. The van der Waals surface area contributed by atoms with E-state index < -0.39 is 23.7 Å². The number of rotatable bonds is 7. The fraction of sp³-hybridized carbons (Fsp3) is 0.700. The first-order valence-electron chi connectivity index (χ1n) is 13.6. The second-order valence-corrected chi connectivity index (χ2v) is 11.7. The lowest BCUT2D eigenvalue weighted by molar-refractivity contribution is -0.153. The molecule has 5 heteroatoms. The van der Waals surface area contributed by atoms with Crippen molar-refractivity contribution in [3.05, 3.63) is 47.6 Å². The van der Waals surface area contributed by atoms with Gasteiger partial charge in [0.05, 0.1) is 30.3 Å². The summed E-state index contributed by atoms with van der Waals surface area (Å²) in [6, 6.07) is 0. The molecule has 194 valence electrons. The molecule has 4 rings (SSSR count). The van der Waals surface area contributed by atoms with Crippen LogP contribution in [0.15, 0.2) is 47.6 Å². The van der Waals surface area contributed by atoms with Gasteiger partial charge in [-0.2, -0.15) is 0 Å². The van der Waals surface area contributed by atoms with Gasteiger partial charge in [0.25, 0.3) is 0 Å². The molecule has 3 N–H and O–H groups in total. The number of aliphatic hydroxyl groups excluding tert-OH is 3. The van der Waals surface area contributed by atoms with Crippen LogP contribution in [0.2, 0.25) is 0 Å². The zero-order chi connectivity index (χ0) is 25.4. The maximum atomic E-state index is 12.3. The second kappa shape index (κ2) is 10.4. The number of hydrogen-bond donors (Lipinski definition) is 3. The minimum Gasteiger partial charge on any atom is -0.465 e. The minimum atomic E-state index is -0.781. The fourth-order valence-electron chi connectivity index (χ4n) is 7.24. The van der Waals surface area contributed by atoms with E-state index in [9.17, 15) is 20.1 Å². The summed E-state index contributed by atoms with van der Waals surface area (Å²) in [5.41, 5.74) is 2.66. The highest BCUT2D eigenvalue weighted by molar-refractivity contribution is 5.81. The van der Waals surface area contributed by atoms with Gasteiger partial charge in [-0.25, -0.2) is 0 Å². The highest BCUT2D eigenvalue weighted by Crippen LogP contribution is 2.59. The van der Waals surface area contributed by atoms with E-state index in [0.29, 0.717) is 50.0 Å². The summed E-state index contributed by atoms with van der Waals surface area (Å²) < 4.78 is 5.20. The van der Waals surface area contributed by atoms with Crippen molar-refractivity contribution in [2.24, 2.45) is 28.6 Å². The van der Waals surface area contributed by atoms with Crippen LogP contribution in [0.5, 0.6) is 0 Å². The van der Waals surface area contributed by atoms with Crippen molar-refractivity contribution >= 4 is 5.97 Å². The number of esters is 1. The Morgan fingerprint density at radius 3 is 2.63 bits per heavy atom. The Hall–Kier alpha value is -1.69. The third-order valence-electron chi connectivity index (χ3n) is 9.57. The van der Waals surface area contributed by atoms with Crippen LogP contribution < -0.4 is 0 Å². The normalized spacial score (nSPS) is 38.5.